The first-order valence-electron chi connectivity index (χ1n) is 8.13. The highest BCUT2D eigenvalue weighted by Crippen LogP contribution is 2.21. The molecule has 124 valence electrons. The molecular weight excluding hydrogens is 286 g/mol. The first-order chi connectivity index (χ1) is 10.9. The van der Waals surface area contributed by atoms with Crippen LogP contribution in [0.15, 0.2) is 36.7 Å². The summed E-state index contributed by atoms with van der Waals surface area (Å²) in [5.41, 5.74) is 2.22. The molecule has 0 aliphatic carbocycles. The first kappa shape index (κ1) is 17.1. The van der Waals surface area contributed by atoms with Crippen LogP contribution in [0.4, 0.5) is 23.0 Å². The predicted octanol–water partition coefficient (Wildman–Crippen LogP) is 4.28. The molecule has 0 saturated carbocycles. The fourth-order valence-electron chi connectivity index (χ4n) is 2.37. The number of nitrogens with zero attached hydrogens (tertiary/aromatic N) is 3. The van der Waals surface area contributed by atoms with Crippen molar-refractivity contribution in [2.45, 2.75) is 40.2 Å². The third-order valence-corrected chi connectivity index (χ3v) is 3.44. The van der Waals surface area contributed by atoms with E-state index in [1.807, 2.05) is 6.07 Å². The highest BCUT2D eigenvalue weighted by Gasteiger charge is 2.10. The minimum Gasteiger partial charge on any atom is -0.372 e. The molecule has 0 aliphatic heterocycles. The Labute approximate surface area is 139 Å². The number of anilines is 4. The molecule has 0 spiro atoms. The molecule has 1 heterocycles. The monoisotopic (exact) mass is 313 g/mol. The zero-order valence-electron chi connectivity index (χ0n) is 14.7. The molecule has 5 heteroatoms. The van der Waals surface area contributed by atoms with Crippen LogP contribution >= 0.6 is 0 Å². The molecule has 0 bridgehead atoms. The van der Waals surface area contributed by atoms with Gasteiger partial charge in [-0.2, -0.15) is 0 Å². The molecule has 0 radical (unpaired) electrons. The van der Waals surface area contributed by atoms with Crippen molar-refractivity contribution in [2.24, 2.45) is 0 Å². The maximum atomic E-state index is 4.28. The van der Waals surface area contributed by atoms with E-state index in [-0.39, 0.29) is 5.54 Å². The first-order valence-corrected chi connectivity index (χ1v) is 8.13. The lowest BCUT2D eigenvalue weighted by Crippen LogP contribution is -2.26. The van der Waals surface area contributed by atoms with Crippen LogP contribution in [-0.4, -0.2) is 28.6 Å². The van der Waals surface area contributed by atoms with Crippen molar-refractivity contribution in [3.05, 3.63) is 36.7 Å². The van der Waals surface area contributed by atoms with Gasteiger partial charge in [0.25, 0.3) is 0 Å². The molecule has 0 aliphatic rings. The van der Waals surface area contributed by atoms with Crippen LogP contribution in [0, 0.1) is 0 Å². The van der Waals surface area contributed by atoms with Gasteiger partial charge in [-0.1, -0.05) is 0 Å². The van der Waals surface area contributed by atoms with E-state index in [4.69, 9.17) is 0 Å². The Morgan fingerprint density at radius 1 is 0.957 bits per heavy atom. The van der Waals surface area contributed by atoms with Gasteiger partial charge in [-0.3, -0.25) is 0 Å². The Bertz CT molecular complexity index is 612. The minimum absolute atomic E-state index is 0.0307. The summed E-state index contributed by atoms with van der Waals surface area (Å²) in [6.45, 7) is 12.7. The second kappa shape index (κ2) is 7.31. The lowest BCUT2D eigenvalue weighted by atomic mass is 10.1. The van der Waals surface area contributed by atoms with Gasteiger partial charge in [0.1, 0.15) is 18.0 Å². The highest BCUT2D eigenvalue weighted by molar-refractivity contribution is 5.62. The Kier molecular flexibility index (Phi) is 5.42. The van der Waals surface area contributed by atoms with Crippen LogP contribution in [0.1, 0.15) is 34.6 Å². The molecule has 1 aromatic carbocycles. The van der Waals surface area contributed by atoms with E-state index in [1.54, 1.807) is 6.33 Å². The van der Waals surface area contributed by atoms with Gasteiger partial charge in [0.2, 0.25) is 0 Å². The van der Waals surface area contributed by atoms with Gasteiger partial charge >= 0.3 is 0 Å². The van der Waals surface area contributed by atoms with Crippen molar-refractivity contribution in [1.29, 1.82) is 0 Å². The predicted molar refractivity (Wildman–Crippen MR) is 98.7 cm³/mol. The number of rotatable bonds is 6. The lowest BCUT2D eigenvalue weighted by Gasteiger charge is -2.22. The SMILES string of the molecule is CCN(CC)c1ccc(Nc2cc(NC(C)(C)C)ncn2)cc1. The Balaban J connectivity index is 2.09. The second-order valence-electron chi connectivity index (χ2n) is 6.51. The standard InChI is InChI=1S/C18H27N5/c1-6-23(7-2)15-10-8-14(9-11-15)21-16-12-17(20-13-19-16)22-18(3,4)5/h8-13H,6-7H2,1-5H3,(H2,19,20,21,22). The van der Waals surface area contributed by atoms with Crippen molar-refractivity contribution in [3.8, 4) is 0 Å². The molecule has 2 rings (SSSR count). The summed E-state index contributed by atoms with van der Waals surface area (Å²) >= 11 is 0. The van der Waals surface area contributed by atoms with Crippen molar-refractivity contribution >= 4 is 23.0 Å². The maximum absolute atomic E-state index is 4.28. The maximum Gasteiger partial charge on any atom is 0.135 e. The molecule has 2 aromatic rings. The number of hydrogen-bond donors (Lipinski definition) is 2. The zero-order valence-corrected chi connectivity index (χ0v) is 14.7. The quantitative estimate of drug-likeness (QED) is 0.834. The minimum atomic E-state index is -0.0307. The smallest absolute Gasteiger partial charge is 0.135 e. The molecular formula is C18H27N5. The topological polar surface area (TPSA) is 53.1 Å². The average Bonchev–Trinajstić information content (AvgIpc) is 2.49. The van der Waals surface area contributed by atoms with Gasteiger partial charge in [0, 0.05) is 36.1 Å². The lowest BCUT2D eigenvalue weighted by molar-refractivity contribution is 0.630. The summed E-state index contributed by atoms with van der Waals surface area (Å²) in [5, 5.41) is 6.67. The summed E-state index contributed by atoms with van der Waals surface area (Å²) in [6.07, 6.45) is 1.57. The van der Waals surface area contributed by atoms with E-state index in [0.717, 1.165) is 30.4 Å². The summed E-state index contributed by atoms with van der Waals surface area (Å²) in [7, 11) is 0. The molecule has 2 N–H and O–H groups in total. The number of hydrogen-bond acceptors (Lipinski definition) is 5. The van der Waals surface area contributed by atoms with Crippen molar-refractivity contribution < 1.29 is 0 Å². The Hall–Kier alpha value is -2.30. The fraction of sp³-hybridized carbons (Fsp3) is 0.444. The van der Waals surface area contributed by atoms with Gasteiger partial charge in [0.15, 0.2) is 0 Å². The van der Waals surface area contributed by atoms with E-state index >= 15 is 0 Å². The molecule has 0 saturated heterocycles. The van der Waals surface area contributed by atoms with Crippen LogP contribution < -0.4 is 15.5 Å². The van der Waals surface area contributed by atoms with Crippen LogP contribution in [0.3, 0.4) is 0 Å². The largest absolute Gasteiger partial charge is 0.372 e. The van der Waals surface area contributed by atoms with Crippen molar-refractivity contribution in [2.75, 3.05) is 28.6 Å². The van der Waals surface area contributed by atoms with Crippen molar-refractivity contribution in [1.82, 2.24) is 9.97 Å². The number of aromatic nitrogens is 2. The van der Waals surface area contributed by atoms with E-state index in [0.29, 0.717) is 0 Å². The normalized spacial score (nSPS) is 11.2. The van der Waals surface area contributed by atoms with E-state index in [9.17, 15) is 0 Å². The van der Waals surface area contributed by atoms with Gasteiger partial charge in [-0.05, 0) is 58.9 Å². The molecule has 1 aromatic heterocycles. The van der Waals surface area contributed by atoms with Crippen LogP contribution in [-0.2, 0) is 0 Å². The Morgan fingerprint density at radius 2 is 1.57 bits per heavy atom. The molecule has 23 heavy (non-hydrogen) atoms. The zero-order chi connectivity index (χ0) is 16.9. The molecule has 0 fully saturated rings. The summed E-state index contributed by atoms with van der Waals surface area (Å²) < 4.78 is 0. The molecule has 0 unspecified atom stereocenters. The van der Waals surface area contributed by atoms with E-state index in [1.165, 1.54) is 5.69 Å². The third kappa shape index (κ3) is 5.13. The fourth-order valence-corrected chi connectivity index (χ4v) is 2.37. The number of benzene rings is 1. The van der Waals surface area contributed by atoms with Gasteiger partial charge in [-0.25, -0.2) is 9.97 Å². The van der Waals surface area contributed by atoms with E-state index < -0.39 is 0 Å². The van der Waals surface area contributed by atoms with Crippen LogP contribution in [0.5, 0.6) is 0 Å². The van der Waals surface area contributed by atoms with Gasteiger partial charge < -0.3 is 15.5 Å². The van der Waals surface area contributed by atoms with E-state index in [2.05, 4.69) is 84.4 Å². The molecule has 5 nitrogen and oxygen atoms in total. The Morgan fingerprint density at radius 3 is 2.13 bits per heavy atom. The second-order valence-corrected chi connectivity index (χ2v) is 6.51. The van der Waals surface area contributed by atoms with Crippen LogP contribution in [0.25, 0.3) is 0 Å². The summed E-state index contributed by atoms with van der Waals surface area (Å²) in [4.78, 5) is 10.9. The van der Waals surface area contributed by atoms with Gasteiger partial charge in [-0.15, -0.1) is 0 Å². The number of nitrogens with one attached hydrogen (secondary N) is 2. The van der Waals surface area contributed by atoms with Crippen LogP contribution in [0.2, 0.25) is 0 Å². The molecule has 0 atom stereocenters. The average molecular weight is 313 g/mol. The van der Waals surface area contributed by atoms with Gasteiger partial charge in [0.05, 0.1) is 0 Å². The van der Waals surface area contributed by atoms with Crippen molar-refractivity contribution in [3.63, 3.8) is 0 Å². The molecule has 0 amide bonds. The summed E-state index contributed by atoms with van der Waals surface area (Å²) in [6, 6.07) is 10.3. The third-order valence-electron chi connectivity index (χ3n) is 3.44. The summed E-state index contributed by atoms with van der Waals surface area (Å²) in [5.74, 6) is 1.59. The highest BCUT2D eigenvalue weighted by atomic mass is 15.1.